The number of pyridine rings is 1. The maximum absolute atomic E-state index is 5.57. The molecule has 0 bridgehead atoms. The van der Waals surface area contributed by atoms with Crippen molar-refractivity contribution < 1.29 is 0 Å². The van der Waals surface area contributed by atoms with Gasteiger partial charge in [-0.25, -0.2) is 0 Å². The average molecular weight is 191 g/mol. The average Bonchev–Trinajstić information content (AvgIpc) is 2.06. The van der Waals surface area contributed by atoms with Gasteiger partial charge in [-0.3, -0.25) is 9.88 Å². The molecule has 14 heavy (non-hydrogen) atoms. The molecule has 3 heteroatoms. The molecule has 0 unspecified atom stereocenters. The molecule has 0 atom stereocenters. The van der Waals surface area contributed by atoms with E-state index in [-0.39, 0.29) is 0 Å². The number of hydrogen-bond donors (Lipinski definition) is 1. The van der Waals surface area contributed by atoms with Crippen LogP contribution in [0, 0.1) is 5.41 Å². The van der Waals surface area contributed by atoms with Crippen molar-refractivity contribution in [1.29, 1.82) is 0 Å². The maximum Gasteiger partial charge on any atom is 0.0545 e. The van der Waals surface area contributed by atoms with Crippen LogP contribution in [-0.2, 0) is 6.54 Å². The van der Waals surface area contributed by atoms with Crippen LogP contribution < -0.4 is 5.73 Å². The number of rotatable bonds is 2. The van der Waals surface area contributed by atoms with Crippen molar-refractivity contribution in [2.24, 2.45) is 5.41 Å². The van der Waals surface area contributed by atoms with Crippen molar-refractivity contribution in [2.45, 2.75) is 20.4 Å². The Hall–Kier alpha value is -1.09. The molecular formula is C11H17N3. The normalized spacial score (nSPS) is 20.4. The summed E-state index contributed by atoms with van der Waals surface area (Å²) in [6, 6.07) is 3.91. The molecule has 0 aliphatic carbocycles. The van der Waals surface area contributed by atoms with Crippen molar-refractivity contribution in [2.75, 3.05) is 18.8 Å². The van der Waals surface area contributed by atoms with Crippen LogP contribution in [0.2, 0.25) is 0 Å². The van der Waals surface area contributed by atoms with Crippen molar-refractivity contribution >= 4 is 5.69 Å². The predicted octanol–water partition coefficient (Wildman–Crippen LogP) is 1.51. The van der Waals surface area contributed by atoms with E-state index < -0.39 is 0 Å². The first-order chi connectivity index (χ1) is 6.55. The molecule has 1 aromatic heterocycles. The molecule has 2 N–H and O–H groups in total. The number of nitrogens with zero attached hydrogens (tertiary/aromatic N) is 2. The Morgan fingerprint density at radius 2 is 2.14 bits per heavy atom. The Morgan fingerprint density at radius 1 is 1.43 bits per heavy atom. The molecular weight excluding hydrogens is 174 g/mol. The molecule has 1 aromatic rings. The molecule has 0 aromatic carbocycles. The fourth-order valence-corrected chi connectivity index (χ4v) is 2.03. The van der Waals surface area contributed by atoms with E-state index in [1.165, 1.54) is 13.1 Å². The third-order valence-electron chi connectivity index (χ3n) is 2.54. The van der Waals surface area contributed by atoms with E-state index in [1.807, 2.05) is 12.1 Å². The topological polar surface area (TPSA) is 42.1 Å². The van der Waals surface area contributed by atoms with E-state index in [1.54, 1.807) is 6.20 Å². The van der Waals surface area contributed by atoms with E-state index in [9.17, 15) is 0 Å². The highest BCUT2D eigenvalue weighted by molar-refractivity contribution is 5.34. The minimum absolute atomic E-state index is 0.494. The maximum atomic E-state index is 5.57. The number of hydrogen-bond acceptors (Lipinski definition) is 3. The second-order valence-corrected chi connectivity index (χ2v) is 4.89. The highest BCUT2D eigenvalue weighted by Gasteiger charge is 2.33. The molecule has 0 saturated carbocycles. The summed E-state index contributed by atoms with van der Waals surface area (Å²) in [5.74, 6) is 0. The van der Waals surface area contributed by atoms with Crippen LogP contribution in [0.5, 0.6) is 0 Å². The fraction of sp³-hybridized carbons (Fsp3) is 0.545. The van der Waals surface area contributed by atoms with Gasteiger partial charge in [-0.15, -0.1) is 0 Å². The van der Waals surface area contributed by atoms with Crippen molar-refractivity contribution in [3.8, 4) is 0 Å². The molecule has 76 valence electrons. The van der Waals surface area contributed by atoms with Gasteiger partial charge in [-0.1, -0.05) is 13.8 Å². The van der Waals surface area contributed by atoms with E-state index >= 15 is 0 Å². The van der Waals surface area contributed by atoms with Gasteiger partial charge in [0.05, 0.1) is 17.6 Å². The van der Waals surface area contributed by atoms with Gasteiger partial charge in [0.2, 0.25) is 0 Å². The van der Waals surface area contributed by atoms with Crippen LogP contribution in [0.25, 0.3) is 0 Å². The largest absolute Gasteiger partial charge is 0.397 e. The first kappa shape index (κ1) is 9.46. The number of nitrogen functional groups attached to an aromatic ring is 1. The molecule has 1 fully saturated rings. The first-order valence-corrected chi connectivity index (χ1v) is 4.98. The van der Waals surface area contributed by atoms with Crippen molar-refractivity contribution in [3.63, 3.8) is 0 Å². The van der Waals surface area contributed by atoms with E-state index in [0.717, 1.165) is 17.9 Å². The minimum Gasteiger partial charge on any atom is -0.397 e. The summed E-state index contributed by atoms with van der Waals surface area (Å²) in [4.78, 5) is 6.68. The van der Waals surface area contributed by atoms with Crippen molar-refractivity contribution in [3.05, 3.63) is 24.0 Å². The van der Waals surface area contributed by atoms with Crippen molar-refractivity contribution in [1.82, 2.24) is 9.88 Å². The van der Waals surface area contributed by atoms with Crippen LogP contribution in [0.3, 0.4) is 0 Å². The summed E-state index contributed by atoms with van der Waals surface area (Å²) < 4.78 is 0. The third kappa shape index (κ3) is 2.04. The van der Waals surface area contributed by atoms with E-state index in [4.69, 9.17) is 5.73 Å². The van der Waals surface area contributed by atoms with Crippen LogP contribution in [-0.4, -0.2) is 23.0 Å². The quantitative estimate of drug-likeness (QED) is 0.770. The van der Waals surface area contributed by atoms with E-state index in [0.29, 0.717) is 5.41 Å². The Labute approximate surface area is 84.9 Å². The summed E-state index contributed by atoms with van der Waals surface area (Å²) in [5.41, 5.74) is 7.90. The molecule has 1 aliphatic heterocycles. The highest BCUT2D eigenvalue weighted by Crippen LogP contribution is 2.29. The van der Waals surface area contributed by atoms with Crippen LogP contribution in [0.4, 0.5) is 5.69 Å². The van der Waals surface area contributed by atoms with Gasteiger partial charge in [-0.05, 0) is 17.5 Å². The van der Waals surface area contributed by atoms with Gasteiger partial charge < -0.3 is 5.73 Å². The Morgan fingerprint density at radius 3 is 2.64 bits per heavy atom. The minimum atomic E-state index is 0.494. The SMILES string of the molecule is CC1(C)CN(Cc2ccc(N)cn2)C1. The second kappa shape index (κ2) is 3.24. The van der Waals surface area contributed by atoms with Crippen LogP contribution in [0.15, 0.2) is 18.3 Å². The summed E-state index contributed by atoms with van der Waals surface area (Å²) >= 11 is 0. The molecule has 3 nitrogen and oxygen atoms in total. The third-order valence-corrected chi connectivity index (χ3v) is 2.54. The first-order valence-electron chi connectivity index (χ1n) is 4.98. The lowest BCUT2D eigenvalue weighted by Crippen LogP contribution is -2.52. The number of likely N-dealkylation sites (tertiary alicyclic amines) is 1. The lowest BCUT2D eigenvalue weighted by Gasteiger charge is -2.45. The molecule has 0 radical (unpaired) electrons. The zero-order chi connectivity index (χ0) is 10.2. The van der Waals surface area contributed by atoms with Gasteiger partial charge in [0.15, 0.2) is 0 Å². The number of anilines is 1. The number of aromatic nitrogens is 1. The lowest BCUT2D eigenvalue weighted by molar-refractivity contribution is 0.0232. The summed E-state index contributed by atoms with van der Waals surface area (Å²) in [5, 5.41) is 0. The van der Waals surface area contributed by atoms with Crippen LogP contribution in [0.1, 0.15) is 19.5 Å². The summed E-state index contributed by atoms with van der Waals surface area (Å²) in [7, 11) is 0. The molecule has 1 aliphatic rings. The smallest absolute Gasteiger partial charge is 0.0545 e. The van der Waals surface area contributed by atoms with E-state index in [2.05, 4.69) is 23.7 Å². The Kier molecular flexibility index (Phi) is 2.19. The van der Waals surface area contributed by atoms with Gasteiger partial charge >= 0.3 is 0 Å². The molecule has 1 saturated heterocycles. The second-order valence-electron chi connectivity index (χ2n) is 4.89. The molecule has 0 spiro atoms. The zero-order valence-corrected chi connectivity index (χ0v) is 8.83. The standard InChI is InChI=1S/C11H17N3/c1-11(2)7-14(8-11)6-10-4-3-9(12)5-13-10/h3-5H,6-8,12H2,1-2H3. The zero-order valence-electron chi connectivity index (χ0n) is 8.83. The monoisotopic (exact) mass is 191 g/mol. The van der Waals surface area contributed by atoms with Crippen LogP contribution >= 0.6 is 0 Å². The Balaban J connectivity index is 1.90. The lowest BCUT2D eigenvalue weighted by atomic mass is 9.84. The van der Waals surface area contributed by atoms with Gasteiger partial charge in [0, 0.05) is 19.6 Å². The fourth-order valence-electron chi connectivity index (χ4n) is 2.03. The molecule has 2 rings (SSSR count). The van der Waals surface area contributed by atoms with Gasteiger partial charge in [0.25, 0.3) is 0 Å². The highest BCUT2D eigenvalue weighted by atomic mass is 15.2. The predicted molar refractivity (Wildman–Crippen MR) is 57.7 cm³/mol. The Bertz CT molecular complexity index is 308. The molecule has 2 heterocycles. The molecule has 0 amide bonds. The summed E-state index contributed by atoms with van der Waals surface area (Å²) in [6.07, 6.45) is 1.72. The van der Waals surface area contributed by atoms with Gasteiger partial charge in [0.1, 0.15) is 0 Å². The van der Waals surface area contributed by atoms with Gasteiger partial charge in [-0.2, -0.15) is 0 Å². The number of nitrogens with two attached hydrogens (primary N) is 1. The summed E-state index contributed by atoms with van der Waals surface area (Å²) in [6.45, 7) is 7.86.